The number of hydrogen-bond donors (Lipinski definition) is 1. The highest BCUT2D eigenvalue weighted by Crippen LogP contribution is 2.24. The van der Waals surface area contributed by atoms with Crippen molar-refractivity contribution in [1.29, 1.82) is 0 Å². The average Bonchev–Trinajstić information content (AvgIpc) is 3.03. The fourth-order valence-electron chi connectivity index (χ4n) is 4.05. The van der Waals surface area contributed by atoms with Crippen LogP contribution in [0.2, 0.25) is 10.0 Å². The zero-order valence-electron chi connectivity index (χ0n) is 17.2. The van der Waals surface area contributed by atoms with Gasteiger partial charge >= 0.3 is 0 Å². The third-order valence-corrected chi connectivity index (χ3v) is 8.26. The number of rotatable bonds is 6. The van der Waals surface area contributed by atoms with E-state index < -0.39 is 16.1 Å². The summed E-state index contributed by atoms with van der Waals surface area (Å²) in [4.78, 5) is 26.7. The molecule has 0 unspecified atom stereocenters. The van der Waals surface area contributed by atoms with Crippen molar-refractivity contribution in [3.63, 3.8) is 0 Å². The largest absolute Gasteiger partial charge is 0.303 e. The van der Waals surface area contributed by atoms with Crippen LogP contribution >= 0.6 is 23.2 Å². The number of imide groups is 1. The number of halogens is 2. The minimum Gasteiger partial charge on any atom is -0.303 e. The van der Waals surface area contributed by atoms with Gasteiger partial charge in [-0.05, 0) is 54.8 Å². The van der Waals surface area contributed by atoms with Crippen LogP contribution in [0.5, 0.6) is 0 Å². The van der Waals surface area contributed by atoms with E-state index in [0.717, 1.165) is 5.56 Å². The summed E-state index contributed by atoms with van der Waals surface area (Å²) in [5.74, 6) is -0.466. The lowest BCUT2D eigenvalue weighted by molar-refractivity contribution is -0.139. The predicted octanol–water partition coefficient (Wildman–Crippen LogP) is 3.06. The van der Waals surface area contributed by atoms with E-state index in [1.54, 1.807) is 36.4 Å². The first-order valence-electron chi connectivity index (χ1n) is 10.3. The van der Waals surface area contributed by atoms with Gasteiger partial charge in [0.2, 0.25) is 21.8 Å². The van der Waals surface area contributed by atoms with E-state index >= 15 is 0 Å². The van der Waals surface area contributed by atoms with Crippen LogP contribution in [0.15, 0.2) is 53.4 Å². The number of sulfonamides is 1. The number of amides is 2. The minimum atomic E-state index is -3.59. The van der Waals surface area contributed by atoms with Crippen molar-refractivity contribution in [3.8, 4) is 0 Å². The van der Waals surface area contributed by atoms with Crippen LogP contribution in [-0.4, -0.2) is 54.6 Å². The Morgan fingerprint density at radius 1 is 0.906 bits per heavy atom. The van der Waals surface area contributed by atoms with Crippen LogP contribution in [-0.2, 0) is 26.2 Å². The second-order valence-corrected chi connectivity index (χ2v) is 10.8. The van der Waals surface area contributed by atoms with E-state index in [9.17, 15) is 18.0 Å². The Morgan fingerprint density at radius 2 is 1.47 bits per heavy atom. The molecule has 170 valence electrons. The van der Waals surface area contributed by atoms with Crippen molar-refractivity contribution in [2.75, 3.05) is 13.1 Å². The molecule has 4 rings (SSSR count). The Kier molecular flexibility index (Phi) is 6.88. The summed E-state index contributed by atoms with van der Waals surface area (Å²) in [6, 6.07) is 12.5. The second kappa shape index (κ2) is 9.49. The fourth-order valence-corrected chi connectivity index (χ4v) is 5.78. The van der Waals surface area contributed by atoms with Gasteiger partial charge in [0.15, 0.2) is 0 Å². The lowest BCUT2D eigenvalue weighted by Gasteiger charge is -2.32. The highest BCUT2D eigenvalue weighted by Gasteiger charge is 2.40. The van der Waals surface area contributed by atoms with E-state index in [4.69, 9.17) is 23.2 Å². The van der Waals surface area contributed by atoms with Gasteiger partial charge in [0.1, 0.15) is 0 Å². The Bertz CT molecular complexity index is 1100. The van der Waals surface area contributed by atoms with Gasteiger partial charge in [-0.3, -0.25) is 14.5 Å². The van der Waals surface area contributed by atoms with Crippen molar-refractivity contribution in [2.45, 2.75) is 42.8 Å². The summed E-state index contributed by atoms with van der Waals surface area (Å²) in [7, 11) is -3.59. The summed E-state index contributed by atoms with van der Waals surface area (Å²) in [5, 5.41) is 4.34. The summed E-state index contributed by atoms with van der Waals surface area (Å²) < 4.78 is 27.1. The Hall–Kier alpha value is -1.97. The van der Waals surface area contributed by atoms with Gasteiger partial charge in [0.05, 0.1) is 23.9 Å². The lowest BCUT2D eigenvalue weighted by Crippen LogP contribution is -2.49. The van der Waals surface area contributed by atoms with Crippen molar-refractivity contribution in [1.82, 2.24) is 14.5 Å². The molecule has 2 aromatic rings. The molecular formula is C22H23Cl2N3O4S. The van der Waals surface area contributed by atoms with Crippen molar-refractivity contribution in [3.05, 3.63) is 64.1 Å². The van der Waals surface area contributed by atoms with E-state index in [1.165, 1.54) is 21.3 Å². The van der Waals surface area contributed by atoms with Crippen LogP contribution in [0.25, 0.3) is 0 Å². The van der Waals surface area contributed by atoms with Gasteiger partial charge in [-0.25, -0.2) is 8.42 Å². The molecule has 0 spiro atoms. The average molecular weight is 496 g/mol. The van der Waals surface area contributed by atoms with E-state index in [2.05, 4.69) is 5.32 Å². The fraction of sp³-hybridized carbons (Fsp3) is 0.364. The number of carbonyl (C=O) groups excluding carboxylic acids is 2. The molecule has 10 heteroatoms. The Balaban J connectivity index is 1.33. The standard InChI is InChI=1S/C22H23Cl2N3O4S/c23-16-3-1-15(2-4-16)14-27-21(28)13-20(22(27)29)25-18-9-11-26(12-10-18)32(30,31)19-7-5-17(24)6-8-19/h1-8,18,20,25H,9-14H2/t20-/m1/s1. The predicted molar refractivity (Wildman–Crippen MR) is 122 cm³/mol. The number of nitrogens with one attached hydrogen (secondary N) is 1. The maximum atomic E-state index is 12.8. The minimum absolute atomic E-state index is 0.0381. The molecule has 2 fully saturated rings. The van der Waals surface area contributed by atoms with Crippen LogP contribution < -0.4 is 5.32 Å². The molecule has 2 heterocycles. The maximum Gasteiger partial charge on any atom is 0.247 e. The second-order valence-electron chi connectivity index (χ2n) is 8.00. The Labute approximate surface area is 197 Å². The number of likely N-dealkylation sites (tertiary alicyclic amines) is 1. The zero-order chi connectivity index (χ0) is 22.9. The normalized spacial score (nSPS) is 20.8. The van der Waals surface area contributed by atoms with E-state index in [1.807, 2.05) is 0 Å². The van der Waals surface area contributed by atoms with Gasteiger partial charge in [-0.1, -0.05) is 35.3 Å². The van der Waals surface area contributed by atoms with Crippen molar-refractivity contribution in [2.24, 2.45) is 0 Å². The first kappa shape index (κ1) is 23.2. The molecule has 1 N–H and O–H groups in total. The number of hydrogen-bond acceptors (Lipinski definition) is 5. The van der Waals surface area contributed by atoms with Crippen LogP contribution in [0.3, 0.4) is 0 Å². The molecule has 32 heavy (non-hydrogen) atoms. The summed E-state index contributed by atoms with van der Waals surface area (Å²) in [6.07, 6.45) is 1.22. The monoisotopic (exact) mass is 495 g/mol. The van der Waals surface area contributed by atoms with Gasteiger partial charge < -0.3 is 5.32 Å². The van der Waals surface area contributed by atoms with Crippen LogP contribution in [0.4, 0.5) is 0 Å². The molecular weight excluding hydrogens is 473 g/mol. The lowest BCUT2D eigenvalue weighted by atomic mass is 10.0. The molecule has 0 radical (unpaired) electrons. The zero-order valence-corrected chi connectivity index (χ0v) is 19.5. The third-order valence-electron chi connectivity index (χ3n) is 5.84. The molecule has 0 aliphatic carbocycles. The van der Waals surface area contributed by atoms with Gasteiger partial charge in [0, 0.05) is 29.2 Å². The molecule has 2 aromatic carbocycles. The van der Waals surface area contributed by atoms with Crippen LogP contribution in [0, 0.1) is 0 Å². The quantitative estimate of drug-likeness (QED) is 0.622. The topological polar surface area (TPSA) is 86.8 Å². The summed E-state index contributed by atoms with van der Waals surface area (Å²) >= 11 is 11.7. The highest BCUT2D eigenvalue weighted by molar-refractivity contribution is 7.89. The van der Waals surface area contributed by atoms with E-state index in [0.29, 0.717) is 36.0 Å². The Morgan fingerprint density at radius 3 is 2.06 bits per heavy atom. The van der Waals surface area contributed by atoms with E-state index in [-0.39, 0.29) is 35.7 Å². The van der Waals surface area contributed by atoms with Crippen LogP contribution in [0.1, 0.15) is 24.8 Å². The van der Waals surface area contributed by atoms with Gasteiger partial charge in [-0.15, -0.1) is 0 Å². The molecule has 0 saturated carbocycles. The number of benzene rings is 2. The first-order chi connectivity index (χ1) is 15.2. The molecule has 0 bridgehead atoms. The smallest absolute Gasteiger partial charge is 0.247 e. The summed E-state index contributed by atoms with van der Waals surface area (Å²) in [6.45, 7) is 0.892. The molecule has 0 aromatic heterocycles. The number of carbonyl (C=O) groups is 2. The van der Waals surface area contributed by atoms with Crippen molar-refractivity contribution >= 4 is 45.0 Å². The molecule has 2 aliphatic rings. The maximum absolute atomic E-state index is 12.8. The molecule has 7 nitrogen and oxygen atoms in total. The molecule has 2 aliphatic heterocycles. The SMILES string of the molecule is O=C1C[C@@H](NC2CCN(S(=O)(=O)c3ccc(Cl)cc3)CC2)C(=O)N1Cc1ccc(Cl)cc1. The van der Waals surface area contributed by atoms with Gasteiger partial charge in [-0.2, -0.15) is 4.31 Å². The van der Waals surface area contributed by atoms with Crippen molar-refractivity contribution < 1.29 is 18.0 Å². The third kappa shape index (κ3) is 5.00. The number of piperidine rings is 1. The summed E-state index contributed by atoms with van der Waals surface area (Å²) in [5.41, 5.74) is 0.831. The van der Waals surface area contributed by atoms with Gasteiger partial charge in [0.25, 0.3) is 0 Å². The molecule has 2 saturated heterocycles. The molecule has 1 atom stereocenters. The highest BCUT2D eigenvalue weighted by atomic mass is 35.5. The molecule has 2 amide bonds. The first-order valence-corrected chi connectivity index (χ1v) is 12.5. The number of nitrogens with zero attached hydrogens (tertiary/aromatic N) is 2.